The standard InChI is InChI=1S/C30H20N4O/c35-30(24-14-17-33-29-23(24)13-16-32-29)34-28-22-9-2-1-8-19(22)26-20(10-4-12-25(26)28)21-11-3-6-18-7-5-15-31-27(18)21/h1-17,28H,(H,32,33)(H,34,35). The molecule has 2 N–H and O–H groups in total. The lowest BCUT2D eigenvalue weighted by molar-refractivity contribution is 0.0945. The third-order valence-electron chi connectivity index (χ3n) is 6.85. The van der Waals surface area contributed by atoms with E-state index >= 15 is 0 Å². The lowest BCUT2D eigenvalue weighted by Gasteiger charge is -2.17. The molecule has 1 unspecified atom stereocenters. The number of nitrogens with one attached hydrogen (secondary N) is 2. The Bertz CT molecular complexity index is 1760. The Labute approximate surface area is 201 Å². The van der Waals surface area contributed by atoms with Crippen LogP contribution in [0, 0.1) is 0 Å². The summed E-state index contributed by atoms with van der Waals surface area (Å²) in [5, 5.41) is 5.22. The maximum absolute atomic E-state index is 13.5. The number of amides is 1. The van der Waals surface area contributed by atoms with Crippen molar-refractivity contribution in [3.8, 4) is 22.3 Å². The number of carbonyl (C=O) groups is 1. The first kappa shape index (κ1) is 19.7. The smallest absolute Gasteiger partial charge is 0.252 e. The van der Waals surface area contributed by atoms with Gasteiger partial charge in [-0.2, -0.15) is 0 Å². The molecule has 6 aromatic rings. The van der Waals surface area contributed by atoms with Gasteiger partial charge in [0.1, 0.15) is 5.65 Å². The van der Waals surface area contributed by atoms with Crippen LogP contribution in [0.2, 0.25) is 0 Å². The summed E-state index contributed by atoms with van der Waals surface area (Å²) in [6.07, 6.45) is 5.30. The number of H-pyrrole nitrogens is 1. The van der Waals surface area contributed by atoms with Crippen molar-refractivity contribution in [2.45, 2.75) is 6.04 Å². The highest BCUT2D eigenvalue weighted by Gasteiger charge is 2.32. The number of hydrogen-bond donors (Lipinski definition) is 2. The van der Waals surface area contributed by atoms with Crippen molar-refractivity contribution >= 4 is 27.8 Å². The van der Waals surface area contributed by atoms with Gasteiger partial charge >= 0.3 is 0 Å². The van der Waals surface area contributed by atoms with Crippen molar-refractivity contribution in [1.29, 1.82) is 0 Å². The van der Waals surface area contributed by atoms with E-state index in [1.807, 2.05) is 24.4 Å². The lowest BCUT2D eigenvalue weighted by Crippen LogP contribution is -2.28. The predicted molar refractivity (Wildman–Crippen MR) is 138 cm³/mol. The van der Waals surface area contributed by atoms with Crippen molar-refractivity contribution in [3.63, 3.8) is 0 Å². The van der Waals surface area contributed by atoms with E-state index in [4.69, 9.17) is 4.98 Å². The minimum atomic E-state index is -0.251. The zero-order valence-electron chi connectivity index (χ0n) is 18.7. The number of para-hydroxylation sites is 1. The largest absolute Gasteiger partial charge is 0.346 e. The number of pyridine rings is 2. The number of aromatic nitrogens is 3. The summed E-state index contributed by atoms with van der Waals surface area (Å²) >= 11 is 0. The molecular formula is C30H20N4O. The molecule has 0 saturated heterocycles. The normalized spacial score (nSPS) is 14.1. The molecule has 3 aromatic heterocycles. The molecule has 3 aromatic carbocycles. The molecule has 0 radical (unpaired) electrons. The van der Waals surface area contributed by atoms with Gasteiger partial charge in [0.25, 0.3) is 5.91 Å². The van der Waals surface area contributed by atoms with Crippen molar-refractivity contribution in [2.75, 3.05) is 0 Å². The molecule has 0 fully saturated rings. The molecule has 0 aliphatic heterocycles. The molecular weight excluding hydrogens is 432 g/mol. The highest BCUT2D eigenvalue weighted by Crippen LogP contribution is 2.48. The van der Waals surface area contributed by atoms with Gasteiger partial charge in [-0.15, -0.1) is 0 Å². The fourth-order valence-corrected chi connectivity index (χ4v) is 5.32. The number of rotatable bonds is 3. The topological polar surface area (TPSA) is 70.7 Å². The number of carbonyl (C=O) groups excluding carboxylic acids is 1. The maximum atomic E-state index is 13.5. The molecule has 1 aliphatic rings. The van der Waals surface area contributed by atoms with Crippen LogP contribution in [-0.2, 0) is 0 Å². The number of benzene rings is 3. The van der Waals surface area contributed by atoms with E-state index in [9.17, 15) is 4.79 Å². The second-order valence-corrected chi connectivity index (χ2v) is 8.74. The zero-order valence-corrected chi connectivity index (χ0v) is 18.7. The van der Waals surface area contributed by atoms with Crippen LogP contribution in [0.25, 0.3) is 44.2 Å². The third kappa shape index (κ3) is 2.98. The molecule has 5 heteroatoms. The van der Waals surface area contributed by atoms with Gasteiger partial charge in [-0.05, 0) is 46.0 Å². The Morgan fingerprint density at radius 3 is 2.51 bits per heavy atom. The fourth-order valence-electron chi connectivity index (χ4n) is 5.32. The van der Waals surface area contributed by atoms with Gasteiger partial charge in [0.2, 0.25) is 0 Å². The molecule has 0 saturated carbocycles. The third-order valence-corrected chi connectivity index (χ3v) is 6.85. The highest BCUT2D eigenvalue weighted by molar-refractivity contribution is 6.06. The first-order valence-corrected chi connectivity index (χ1v) is 11.6. The van der Waals surface area contributed by atoms with Crippen LogP contribution in [0.4, 0.5) is 0 Å². The van der Waals surface area contributed by atoms with Crippen LogP contribution in [0.1, 0.15) is 27.5 Å². The van der Waals surface area contributed by atoms with Crippen LogP contribution in [0.3, 0.4) is 0 Å². The van der Waals surface area contributed by atoms with E-state index in [1.165, 1.54) is 0 Å². The van der Waals surface area contributed by atoms with E-state index in [-0.39, 0.29) is 11.9 Å². The number of hydrogen-bond acceptors (Lipinski definition) is 3. The summed E-state index contributed by atoms with van der Waals surface area (Å²) in [6, 6.07) is 28.4. The summed E-state index contributed by atoms with van der Waals surface area (Å²) in [5.41, 5.74) is 8.95. The second-order valence-electron chi connectivity index (χ2n) is 8.74. The molecule has 3 heterocycles. The quantitative estimate of drug-likeness (QED) is 0.332. The molecule has 5 nitrogen and oxygen atoms in total. The Hall–Kier alpha value is -4.77. The van der Waals surface area contributed by atoms with Crippen molar-refractivity contribution in [2.24, 2.45) is 0 Å². The van der Waals surface area contributed by atoms with Gasteiger partial charge in [0.15, 0.2) is 0 Å². The van der Waals surface area contributed by atoms with Gasteiger partial charge < -0.3 is 10.3 Å². The van der Waals surface area contributed by atoms with Gasteiger partial charge in [0.05, 0.1) is 17.1 Å². The summed E-state index contributed by atoms with van der Waals surface area (Å²) in [4.78, 5) is 25.6. The van der Waals surface area contributed by atoms with E-state index in [0.717, 1.165) is 49.7 Å². The molecule has 1 atom stereocenters. The van der Waals surface area contributed by atoms with Crippen LogP contribution < -0.4 is 5.32 Å². The van der Waals surface area contributed by atoms with Crippen LogP contribution in [-0.4, -0.2) is 20.9 Å². The van der Waals surface area contributed by atoms with Gasteiger partial charge in [0, 0.05) is 34.9 Å². The van der Waals surface area contributed by atoms with E-state index in [0.29, 0.717) is 11.2 Å². The van der Waals surface area contributed by atoms with Gasteiger partial charge in [-0.1, -0.05) is 66.7 Å². The van der Waals surface area contributed by atoms with E-state index in [1.54, 1.807) is 18.5 Å². The van der Waals surface area contributed by atoms with Gasteiger partial charge in [-0.25, -0.2) is 4.98 Å². The Kier molecular flexibility index (Phi) is 4.29. The average Bonchev–Trinajstić information content (AvgIpc) is 3.51. The number of fused-ring (bicyclic) bond motifs is 5. The fraction of sp³-hybridized carbons (Fsp3) is 0.0333. The van der Waals surface area contributed by atoms with E-state index in [2.05, 4.69) is 75.9 Å². The summed E-state index contributed by atoms with van der Waals surface area (Å²) in [5.74, 6) is -0.123. The Morgan fingerprint density at radius 1 is 0.743 bits per heavy atom. The number of nitrogens with zero attached hydrogens (tertiary/aromatic N) is 2. The Morgan fingerprint density at radius 2 is 1.54 bits per heavy atom. The Balaban J connectivity index is 1.39. The predicted octanol–water partition coefficient (Wildman–Crippen LogP) is 6.28. The van der Waals surface area contributed by atoms with Crippen molar-refractivity contribution < 1.29 is 4.79 Å². The minimum Gasteiger partial charge on any atom is -0.346 e. The highest BCUT2D eigenvalue weighted by atomic mass is 16.1. The summed E-state index contributed by atoms with van der Waals surface area (Å²) < 4.78 is 0. The molecule has 1 amide bonds. The van der Waals surface area contributed by atoms with Crippen LogP contribution in [0.15, 0.2) is 104 Å². The lowest BCUT2D eigenvalue weighted by atomic mass is 9.92. The average molecular weight is 453 g/mol. The molecule has 166 valence electrons. The molecule has 7 rings (SSSR count). The molecule has 35 heavy (non-hydrogen) atoms. The summed E-state index contributed by atoms with van der Waals surface area (Å²) in [6.45, 7) is 0. The second kappa shape index (κ2) is 7.64. The molecule has 0 spiro atoms. The first-order valence-electron chi connectivity index (χ1n) is 11.6. The monoisotopic (exact) mass is 452 g/mol. The number of aromatic amines is 1. The van der Waals surface area contributed by atoms with Crippen LogP contribution >= 0.6 is 0 Å². The first-order chi connectivity index (χ1) is 17.3. The minimum absolute atomic E-state index is 0.123. The summed E-state index contributed by atoms with van der Waals surface area (Å²) in [7, 11) is 0. The molecule has 1 aliphatic carbocycles. The van der Waals surface area contributed by atoms with Crippen LogP contribution in [0.5, 0.6) is 0 Å². The SMILES string of the molecule is O=C(NC1c2ccccc2-c2c(-c3cccc4cccnc34)cccc21)c1ccnc2[nH]ccc12. The van der Waals surface area contributed by atoms with E-state index < -0.39 is 0 Å². The van der Waals surface area contributed by atoms with Gasteiger partial charge in [-0.3, -0.25) is 9.78 Å². The van der Waals surface area contributed by atoms with Crippen molar-refractivity contribution in [1.82, 2.24) is 20.3 Å². The molecule has 0 bridgehead atoms. The zero-order chi connectivity index (χ0) is 23.4. The maximum Gasteiger partial charge on any atom is 0.252 e. The van der Waals surface area contributed by atoms with Crippen molar-refractivity contribution in [3.05, 3.63) is 120 Å².